The molecule has 2 rings (SSSR count). The molecule has 1 aromatic carbocycles. The van der Waals surface area contributed by atoms with E-state index in [9.17, 15) is 19.2 Å². The highest BCUT2D eigenvalue weighted by atomic mass is 16.5. The summed E-state index contributed by atoms with van der Waals surface area (Å²) < 4.78 is 15.6. The first-order chi connectivity index (χ1) is 15.2. The van der Waals surface area contributed by atoms with Gasteiger partial charge < -0.3 is 19.1 Å². The first kappa shape index (κ1) is 24.6. The van der Waals surface area contributed by atoms with E-state index in [0.29, 0.717) is 6.42 Å². The van der Waals surface area contributed by atoms with Crippen LogP contribution in [0.5, 0.6) is 0 Å². The van der Waals surface area contributed by atoms with E-state index in [2.05, 4.69) is 14.6 Å². The number of hydrogen-bond donors (Lipinski definition) is 0. The monoisotopic (exact) mass is 445 g/mol. The molecule has 0 aliphatic rings. The van der Waals surface area contributed by atoms with Gasteiger partial charge in [-0.05, 0) is 50.1 Å². The molecule has 1 amide bonds. The van der Waals surface area contributed by atoms with E-state index in [0.717, 1.165) is 27.5 Å². The number of amides is 1. The van der Waals surface area contributed by atoms with Crippen molar-refractivity contribution in [2.24, 2.45) is 0 Å². The van der Waals surface area contributed by atoms with Gasteiger partial charge in [-0.25, -0.2) is 4.68 Å². The van der Waals surface area contributed by atoms with E-state index < -0.39 is 17.8 Å². The van der Waals surface area contributed by atoms with E-state index in [1.54, 1.807) is 28.9 Å². The molecule has 0 unspecified atom stereocenters. The van der Waals surface area contributed by atoms with Crippen molar-refractivity contribution in [3.05, 3.63) is 46.8 Å². The van der Waals surface area contributed by atoms with Crippen molar-refractivity contribution in [2.45, 2.75) is 26.7 Å². The normalized spacial score (nSPS) is 10.4. The molecular formula is C22H27N3O7. The lowest BCUT2D eigenvalue weighted by molar-refractivity contribution is -0.144. The molecule has 10 nitrogen and oxygen atoms in total. The van der Waals surface area contributed by atoms with Crippen LogP contribution >= 0.6 is 0 Å². The standard InChI is InChI=1S/C22H27N3O7/c1-14-18(10-11-19(26)30-3)15(2)25(23-14)17-8-6-16(7-9-17)22(29)24(12-20(27)31-4)13-21(28)32-5/h6-9H,10-13H2,1-5H3. The topological polar surface area (TPSA) is 117 Å². The van der Waals surface area contributed by atoms with Gasteiger partial charge in [0.15, 0.2) is 0 Å². The molecule has 10 heteroatoms. The van der Waals surface area contributed by atoms with Crippen LogP contribution in [0.4, 0.5) is 0 Å². The van der Waals surface area contributed by atoms with Gasteiger partial charge in [0, 0.05) is 17.7 Å². The number of aryl methyl sites for hydroxylation is 1. The summed E-state index contributed by atoms with van der Waals surface area (Å²) in [4.78, 5) is 48.7. The SMILES string of the molecule is COC(=O)CCc1c(C)nn(-c2ccc(C(=O)N(CC(=O)OC)CC(=O)OC)cc2)c1C. The summed E-state index contributed by atoms with van der Waals surface area (Å²) in [6.45, 7) is 3.01. The number of esters is 3. The van der Waals surface area contributed by atoms with Crippen LogP contribution in [0.2, 0.25) is 0 Å². The van der Waals surface area contributed by atoms with E-state index in [-0.39, 0.29) is 31.0 Å². The first-order valence-corrected chi connectivity index (χ1v) is 9.87. The molecule has 0 radical (unpaired) electrons. The second-order valence-corrected chi connectivity index (χ2v) is 7.00. The zero-order valence-corrected chi connectivity index (χ0v) is 18.8. The van der Waals surface area contributed by atoms with Gasteiger partial charge in [-0.3, -0.25) is 19.2 Å². The van der Waals surface area contributed by atoms with E-state index >= 15 is 0 Å². The van der Waals surface area contributed by atoms with Crippen molar-refractivity contribution >= 4 is 23.8 Å². The van der Waals surface area contributed by atoms with Gasteiger partial charge in [0.2, 0.25) is 0 Å². The first-order valence-electron chi connectivity index (χ1n) is 9.87. The smallest absolute Gasteiger partial charge is 0.325 e. The minimum atomic E-state index is -0.652. The fraction of sp³-hybridized carbons (Fsp3) is 0.409. The number of carbonyl (C=O) groups excluding carboxylic acids is 4. The second-order valence-electron chi connectivity index (χ2n) is 7.00. The van der Waals surface area contributed by atoms with Gasteiger partial charge >= 0.3 is 17.9 Å². The van der Waals surface area contributed by atoms with Crippen molar-refractivity contribution in [1.82, 2.24) is 14.7 Å². The predicted molar refractivity (Wildman–Crippen MR) is 113 cm³/mol. The lowest BCUT2D eigenvalue weighted by Gasteiger charge is -2.20. The van der Waals surface area contributed by atoms with Crippen molar-refractivity contribution in [2.75, 3.05) is 34.4 Å². The van der Waals surface area contributed by atoms with Gasteiger partial charge in [0.05, 0.1) is 32.7 Å². The van der Waals surface area contributed by atoms with Crippen LogP contribution in [0.15, 0.2) is 24.3 Å². The highest BCUT2D eigenvalue weighted by Gasteiger charge is 2.23. The van der Waals surface area contributed by atoms with Gasteiger partial charge in [-0.15, -0.1) is 0 Å². The molecule has 1 heterocycles. The lowest BCUT2D eigenvalue weighted by Crippen LogP contribution is -2.40. The minimum Gasteiger partial charge on any atom is -0.469 e. The Bertz CT molecular complexity index is 978. The molecule has 0 fully saturated rings. The third-order valence-electron chi connectivity index (χ3n) is 4.99. The third kappa shape index (κ3) is 5.93. The van der Waals surface area contributed by atoms with Gasteiger partial charge in [-0.1, -0.05) is 0 Å². The molecular weight excluding hydrogens is 418 g/mol. The Kier molecular flexibility index (Phi) is 8.51. The Morgan fingerprint density at radius 2 is 1.41 bits per heavy atom. The average Bonchev–Trinajstić information content (AvgIpc) is 3.09. The molecule has 0 spiro atoms. The number of nitrogens with zero attached hydrogens (tertiary/aromatic N) is 3. The Hall–Kier alpha value is -3.69. The zero-order chi connectivity index (χ0) is 23.8. The molecule has 0 atom stereocenters. The fourth-order valence-corrected chi connectivity index (χ4v) is 3.19. The number of ether oxygens (including phenoxy) is 3. The maximum atomic E-state index is 12.8. The molecule has 0 aliphatic heterocycles. The van der Waals surface area contributed by atoms with Crippen molar-refractivity contribution in [1.29, 1.82) is 0 Å². The van der Waals surface area contributed by atoms with Crippen LogP contribution in [0, 0.1) is 13.8 Å². The highest BCUT2D eigenvalue weighted by Crippen LogP contribution is 2.20. The highest BCUT2D eigenvalue weighted by molar-refractivity contribution is 5.97. The van der Waals surface area contributed by atoms with Crippen LogP contribution < -0.4 is 0 Å². The van der Waals surface area contributed by atoms with Crippen molar-refractivity contribution in [3.63, 3.8) is 0 Å². The molecule has 0 N–H and O–H groups in total. The molecule has 0 aliphatic carbocycles. The van der Waals surface area contributed by atoms with E-state index in [1.807, 2.05) is 13.8 Å². The van der Waals surface area contributed by atoms with E-state index in [4.69, 9.17) is 4.74 Å². The molecule has 0 bridgehead atoms. The quantitative estimate of drug-likeness (QED) is 0.420. The number of aromatic nitrogens is 2. The Balaban J connectivity index is 2.24. The second kappa shape index (κ2) is 11.1. The maximum absolute atomic E-state index is 12.8. The predicted octanol–water partition coefficient (Wildman–Crippen LogP) is 1.38. The molecule has 2 aromatic rings. The van der Waals surface area contributed by atoms with Crippen LogP contribution in [0.25, 0.3) is 5.69 Å². The van der Waals surface area contributed by atoms with Crippen molar-refractivity contribution < 1.29 is 33.4 Å². The summed E-state index contributed by atoms with van der Waals surface area (Å²) >= 11 is 0. The summed E-state index contributed by atoms with van der Waals surface area (Å²) in [5.41, 5.74) is 3.64. The summed E-state index contributed by atoms with van der Waals surface area (Å²) in [7, 11) is 3.75. The summed E-state index contributed by atoms with van der Waals surface area (Å²) in [5.74, 6) is -2.11. The third-order valence-corrected chi connectivity index (χ3v) is 4.99. The molecule has 32 heavy (non-hydrogen) atoms. The average molecular weight is 445 g/mol. The molecule has 172 valence electrons. The van der Waals surface area contributed by atoms with Gasteiger partial charge in [0.1, 0.15) is 13.1 Å². The molecule has 0 saturated carbocycles. The minimum absolute atomic E-state index is 0.257. The number of methoxy groups -OCH3 is 3. The van der Waals surface area contributed by atoms with Crippen molar-refractivity contribution in [3.8, 4) is 5.69 Å². The molecule has 1 aromatic heterocycles. The summed E-state index contributed by atoms with van der Waals surface area (Å²) in [5, 5.41) is 4.54. The van der Waals surface area contributed by atoms with Crippen LogP contribution in [0.3, 0.4) is 0 Å². The zero-order valence-electron chi connectivity index (χ0n) is 18.8. The Morgan fingerprint density at radius 1 is 0.875 bits per heavy atom. The van der Waals surface area contributed by atoms with Gasteiger partial charge in [0.25, 0.3) is 5.91 Å². The number of carbonyl (C=O) groups is 4. The number of hydrogen-bond acceptors (Lipinski definition) is 8. The number of rotatable bonds is 9. The van der Waals surface area contributed by atoms with Crippen LogP contribution in [0.1, 0.15) is 33.7 Å². The maximum Gasteiger partial charge on any atom is 0.325 e. The molecule has 0 saturated heterocycles. The Morgan fingerprint density at radius 3 is 1.91 bits per heavy atom. The Labute approximate surface area is 186 Å². The number of benzene rings is 1. The fourth-order valence-electron chi connectivity index (χ4n) is 3.19. The van der Waals surface area contributed by atoms with Gasteiger partial charge in [-0.2, -0.15) is 5.10 Å². The lowest BCUT2D eigenvalue weighted by atomic mass is 10.1. The summed E-state index contributed by atoms with van der Waals surface area (Å²) in [6.07, 6.45) is 0.768. The van der Waals surface area contributed by atoms with Crippen LogP contribution in [-0.2, 0) is 35.0 Å². The largest absolute Gasteiger partial charge is 0.469 e. The summed E-state index contributed by atoms with van der Waals surface area (Å²) in [6, 6.07) is 6.60. The van der Waals surface area contributed by atoms with Crippen LogP contribution in [-0.4, -0.2) is 72.9 Å². The van der Waals surface area contributed by atoms with E-state index in [1.165, 1.54) is 21.3 Å².